The maximum absolute atomic E-state index is 13.4. The highest BCUT2D eigenvalue weighted by atomic mass is 19.1. The number of carbonyl (C=O) groups is 2. The number of amides is 1. The zero-order valence-corrected chi connectivity index (χ0v) is 8.30. The Morgan fingerprint density at radius 1 is 1.25 bits per heavy atom. The molecule has 1 atom stereocenters. The monoisotopic (exact) mass is 225 g/mol. The first kappa shape index (κ1) is 10.7. The molecule has 1 N–H and O–H groups in total. The number of hydrogen-bond acceptors (Lipinski definition) is 2. The Morgan fingerprint density at radius 2 is 2.00 bits per heavy atom. The second-order valence-electron chi connectivity index (χ2n) is 3.71. The third-order valence-electron chi connectivity index (χ3n) is 2.46. The van der Waals surface area contributed by atoms with Crippen LogP contribution in [0.2, 0.25) is 0 Å². The van der Waals surface area contributed by atoms with Crippen LogP contribution in [0.1, 0.15) is 24.4 Å². The Hall–Kier alpha value is -1.78. The van der Waals surface area contributed by atoms with E-state index in [0.717, 1.165) is 18.2 Å². The minimum absolute atomic E-state index is 0.00606. The van der Waals surface area contributed by atoms with Crippen molar-refractivity contribution in [3.8, 4) is 0 Å². The molecule has 1 fully saturated rings. The first-order valence-electron chi connectivity index (χ1n) is 4.82. The van der Waals surface area contributed by atoms with Gasteiger partial charge in [-0.3, -0.25) is 9.59 Å². The van der Waals surface area contributed by atoms with Gasteiger partial charge in [0.15, 0.2) is 0 Å². The summed E-state index contributed by atoms with van der Waals surface area (Å²) in [4.78, 5) is 22.3. The molecule has 0 aromatic heterocycles. The molecule has 0 radical (unpaired) electrons. The summed E-state index contributed by atoms with van der Waals surface area (Å²) >= 11 is 0. The van der Waals surface area contributed by atoms with Gasteiger partial charge in [-0.1, -0.05) is 0 Å². The van der Waals surface area contributed by atoms with Crippen molar-refractivity contribution in [3.05, 3.63) is 35.4 Å². The van der Waals surface area contributed by atoms with Gasteiger partial charge in [0.1, 0.15) is 17.4 Å². The predicted octanol–water partition coefficient (Wildman–Crippen LogP) is 1.48. The third kappa shape index (κ3) is 2.08. The molecule has 1 unspecified atom stereocenters. The van der Waals surface area contributed by atoms with Crippen molar-refractivity contribution in [3.63, 3.8) is 0 Å². The summed E-state index contributed by atoms with van der Waals surface area (Å²) in [6, 6.07) is 2.21. The predicted molar refractivity (Wildman–Crippen MR) is 51.5 cm³/mol. The lowest BCUT2D eigenvalue weighted by Gasteiger charge is -2.23. The first-order valence-corrected chi connectivity index (χ1v) is 4.82. The highest BCUT2D eigenvalue weighted by molar-refractivity contribution is 6.00. The van der Waals surface area contributed by atoms with E-state index in [1.807, 2.05) is 0 Å². The zero-order chi connectivity index (χ0) is 11.7. The van der Waals surface area contributed by atoms with Gasteiger partial charge in [-0.05, 0) is 18.2 Å². The van der Waals surface area contributed by atoms with Crippen LogP contribution in [0, 0.1) is 11.6 Å². The van der Waals surface area contributed by atoms with E-state index in [2.05, 4.69) is 5.32 Å². The number of Topliss-reactive ketones (excluding diaryl/α,β-unsaturated/α-hetero) is 1. The normalized spacial score (nSPS) is 20.8. The number of nitrogens with one attached hydrogen (secondary N) is 1. The van der Waals surface area contributed by atoms with E-state index in [0.29, 0.717) is 0 Å². The summed E-state index contributed by atoms with van der Waals surface area (Å²) in [5.74, 6) is -1.94. The molecule has 1 amide bonds. The lowest BCUT2D eigenvalue weighted by Crippen LogP contribution is -2.37. The third-order valence-corrected chi connectivity index (χ3v) is 2.46. The summed E-state index contributed by atoms with van der Waals surface area (Å²) in [7, 11) is 0. The highest BCUT2D eigenvalue weighted by Crippen LogP contribution is 2.24. The second-order valence-corrected chi connectivity index (χ2v) is 3.71. The molecular weight excluding hydrogens is 216 g/mol. The van der Waals surface area contributed by atoms with Gasteiger partial charge in [0.25, 0.3) is 0 Å². The summed E-state index contributed by atoms with van der Waals surface area (Å²) in [5, 5.41) is 2.46. The number of carbonyl (C=O) groups excluding carboxylic acids is 2. The second kappa shape index (κ2) is 4.00. The molecule has 16 heavy (non-hydrogen) atoms. The molecule has 0 spiro atoms. The maximum Gasteiger partial charge on any atom is 0.227 e. The van der Waals surface area contributed by atoms with Crippen LogP contribution in [0.4, 0.5) is 8.78 Å². The van der Waals surface area contributed by atoms with E-state index < -0.39 is 23.6 Å². The van der Waals surface area contributed by atoms with Crippen LogP contribution < -0.4 is 5.32 Å². The Kier molecular flexibility index (Phi) is 2.68. The summed E-state index contributed by atoms with van der Waals surface area (Å²) in [6.07, 6.45) is -0.181. The molecule has 0 bridgehead atoms. The molecule has 1 heterocycles. The fourth-order valence-corrected chi connectivity index (χ4v) is 1.74. The largest absolute Gasteiger partial charge is 0.348 e. The van der Waals surface area contributed by atoms with Crippen LogP contribution in [0.3, 0.4) is 0 Å². The van der Waals surface area contributed by atoms with E-state index >= 15 is 0 Å². The topological polar surface area (TPSA) is 46.2 Å². The number of hydrogen-bond donors (Lipinski definition) is 1. The quantitative estimate of drug-likeness (QED) is 0.736. The van der Waals surface area contributed by atoms with Gasteiger partial charge in [-0.2, -0.15) is 0 Å². The van der Waals surface area contributed by atoms with E-state index in [1.165, 1.54) is 0 Å². The van der Waals surface area contributed by atoms with Gasteiger partial charge in [0, 0.05) is 12.0 Å². The average molecular weight is 225 g/mol. The number of benzene rings is 1. The fraction of sp³-hybridized carbons (Fsp3) is 0.273. The van der Waals surface area contributed by atoms with Crippen molar-refractivity contribution in [2.45, 2.75) is 18.9 Å². The smallest absolute Gasteiger partial charge is 0.227 e. The van der Waals surface area contributed by atoms with Crippen LogP contribution in [0.5, 0.6) is 0 Å². The van der Waals surface area contributed by atoms with E-state index in [4.69, 9.17) is 0 Å². The van der Waals surface area contributed by atoms with Gasteiger partial charge in [-0.15, -0.1) is 0 Å². The van der Waals surface area contributed by atoms with Crippen molar-refractivity contribution < 1.29 is 18.4 Å². The van der Waals surface area contributed by atoms with Gasteiger partial charge < -0.3 is 5.32 Å². The standard InChI is InChI=1S/C11H9F2NO2/c12-6-1-2-9(13)8(3-6)10-4-7(15)5-11(16)14-10/h1-3,10H,4-5H2,(H,14,16). The number of piperidine rings is 1. The van der Waals surface area contributed by atoms with Gasteiger partial charge in [-0.25, -0.2) is 8.78 Å². The van der Waals surface area contributed by atoms with Crippen LogP contribution in [-0.4, -0.2) is 11.7 Å². The number of halogens is 2. The summed E-state index contributed by atoms with van der Waals surface area (Å²) < 4.78 is 26.3. The molecule has 1 aliphatic heterocycles. The molecule has 1 aliphatic rings. The minimum atomic E-state index is -0.760. The molecule has 84 valence electrons. The van der Waals surface area contributed by atoms with E-state index in [1.54, 1.807) is 0 Å². The van der Waals surface area contributed by atoms with Gasteiger partial charge >= 0.3 is 0 Å². The van der Waals surface area contributed by atoms with Crippen LogP contribution in [0.15, 0.2) is 18.2 Å². The van der Waals surface area contributed by atoms with Crippen molar-refractivity contribution in [1.82, 2.24) is 5.32 Å². The van der Waals surface area contributed by atoms with Crippen LogP contribution in [-0.2, 0) is 9.59 Å². The molecule has 0 saturated carbocycles. The Balaban J connectivity index is 2.32. The van der Waals surface area contributed by atoms with Gasteiger partial charge in [0.05, 0.1) is 12.5 Å². The number of rotatable bonds is 1. The van der Waals surface area contributed by atoms with Crippen LogP contribution >= 0.6 is 0 Å². The van der Waals surface area contributed by atoms with Crippen LogP contribution in [0.25, 0.3) is 0 Å². The minimum Gasteiger partial charge on any atom is -0.348 e. The van der Waals surface area contributed by atoms with Crippen molar-refractivity contribution in [1.29, 1.82) is 0 Å². The molecule has 5 heteroatoms. The van der Waals surface area contributed by atoms with E-state index in [9.17, 15) is 18.4 Å². The Labute approximate surface area is 90.5 Å². The summed E-state index contributed by atoms with van der Waals surface area (Å²) in [5.41, 5.74) is 0.0152. The zero-order valence-electron chi connectivity index (χ0n) is 8.30. The molecule has 3 nitrogen and oxygen atoms in total. The van der Waals surface area contributed by atoms with Crippen molar-refractivity contribution >= 4 is 11.7 Å². The Bertz CT molecular complexity index is 443. The first-order chi connectivity index (χ1) is 7.56. The Morgan fingerprint density at radius 3 is 2.69 bits per heavy atom. The number of ketones is 1. The fourth-order valence-electron chi connectivity index (χ4n) is 1.74. The van der Waals surface area contributed by atoms with Crippen molar-refractivity contribution in [2.75, 3.05) is 0 Å². The highest BCUT2D eigenvalue weighted by Gasteiger charge is 2.27. The molecular formula is C11H9F2NO2. The molecule has 1 saturated heterocycles. The SMILES string of the molecule is O=C1CC(=O)NC(c2cc(F)ccc2F)C1. The molecule has 0 aliphatic carbocycles. The molecule has 1 aromatic rings. The van der Waals surface area contributed by atoms with Gasteiger partial charge in [0.2, 0.25) is 5.91 Å². The summed E-state index contributed by atoms with van der Waals surface area (Å²) in [6.45, 7) is 0. The lowest BCUT2D eigenvalue weighted by atomic mass is 9.96. The molecule has 2 rings (SSSR count). The molecule has 1 aromatic carbocycles. The van der Waals surface area contributed by atoms with E-state index in [-0.39, 0.29) is 24.2 Å². The lowest BCUT2D eigenvalue weighted by molar-refractivity contribution is -0.132. The average Bonchev–Trinajstić information content (AvgIpc) is 2.20. The maximum atomic E-state index is 13.4. The van der Waals surface area contributed by atoms with Crippen molar-refractivity contribution in [2.24, 2.45) is 0 Å².